The second-order valence-electron chi connectivity index (χ2n) is 16.8. The molecule has 0 saturated heterocycles. The summed E-state index contributed by atoms with van der Waals surface area (Å²) in [5, 5.41) is 23.6. The first kappa shape index (κ1) is 56.6. The Bertz CT molecular complexity index is 1060. The van der Waals surface area contributed by atoms with E-state index < -0.39 is 18.2 Å². The number of amides is 1. The second-order valence-corrected chi connectivity index (χ2v) is 16.8. The van der Waals surface area contributed by atoms with Crippen LogP contribution in [-0.2, 0) is 14.3 Å². The van der Waals surface area contributed by atoms with Crippen LogP contribution in [0.3, 0.4) is 0 Å². The number of esters is 1. The fourth-order valence-electron chi connectivity index (χ4n) is 7.36. The number of hydrogen-bond acceptors (Lipinski definition) is 5. The Balaban J connectivity index is 4.68. The van der Waals surface area contributed by atoms with Gasteiger partial charge in [-0.1, -0.05) is 229 Å². The molecular weight excluding hydrogens is 731 g/mol. The number of nitrogens with one attached hydrogen (secondary N) is 1. The molecule has 0 aliphatic carbocycles. The van der Waals surface area contributed by atoms with Gasteiger partial charge in [0.05, 0.1) is 25.2 Å². The third-order valence-corrected chi connectivity index (χ3v) is 11.1. The van der Waals surface area contributed by atoms with Crippen LogP contribution >= 0.6 is 0 Å². The van der Waals surface area contributed by atoms with E-state index in [2.05, 4.69) is 80.8 Å². The highest BCUT2D eigenvalue weighted by molar-refractivity contribution is 5.77. The van der Waals surface area contributed by atoms with Crippen LogP contribution in [0.4, 0.5) is 0 Å². The zero-order chi connectivity index (χ0) is 43.1. The van der Waals surface area contributed by atoms with Gasteiger partial charge in [-0.2, -0.15) is 0 Å². The van der Waals surface area contributed by atoms with Crippen molar-refractivity contribution in [1.29, 1.82) is 0 Å². The van der Waals surface area contributed by atoms with Gasteiger partial charge in [-0.05, 0) is 57.8 Å². The zero-order valence-corrected chi connectivity index (χ0v) is 38.9. The van der Waals surface area contributed by atoms with E-state index in [9.17, 15) is 19.8 Å². The molecule has 3 atom stereocenters. The highest BCUT2D eigenvalue weighted by atomic mass is 16.5. The summed E-state index contributed by atoms with van der Waals surface area (Å²) < 4.78 is 5.89. The number of carbonyl (C=O) groups excluding carboxylic acids is 2. The van der Waals surface area contributed by atoms with E-state index >= 15 is 0 Å². The maximum absolute atomic E-state index is 13.2. The number of hydrogen-bond donors (Lipinski definition) is 3. The Labute approximate surface area is 365 Å². The van der Waals surface area contributed by atoms with Crippen molar-refractivity contribution in [3.8, 4) is 0 Å². The van der Waals surface area contributed by atoms with E-state index in [1.807, 2.05) is 6.08 Å². The van der Waals surface area contributed by atoms with Crippen molar-refractivity contribution in [3.05, 3.63) is 60.8 Å². The van der Waals surface area contributed by atoms with Gasteiger partial charge in [0.25, 0.3) is 0 Å². The van der Waals surface area contributed by atoms with Crippen LogP contribution in [0.1, 0.15) is 239 Å². The number of aliphatic hydroxyl groups is 2. The number of unbranched alkanes of at least 4 members (excludes halogenated alkanes) is 22. The molecule has 0 fully saturated rings. The number of ether oxygens (including phenoxy) is 1. The van der Waals surface area contributed by atoms with Gasteiger partial charge in [0.2, 0.25) is 5.91 Å². The first-order valence-electron chi connectivity index (χ1n) is 25.0. The number of carbonyl (C=O) groups is 2. The molecule has 0 radical (unpaired) electrons. The molecule has 3 N–H and O–H groups in total. The van der Waals surface area contributed by atoms with Crippen molar-refractivity contribution >= 4 is 11.9 Å². The number of rotatable bonds is 44. The van der Waals surface area contributed by atoms with Gasteiger partial charge in [0.1, 0.15) is 6.10 Å². The lowest BCUT2D eigenvalue weighted by Gasteiger charge is -2.24. The van der Waals surface area contributed by atoms with E-state index in [0.29, 0.717) is 19.3 Å². The lowest BCUT2D eigenvalue weighted by molar-refractivity contribution is -0.150. The third kappa shape index (κ3) is 42.1. The lowest BCUT2D eigenvalue weighted by Crippen LogP contribution is -2.46. The summed E-state index contributed by atoms with van der Waals surface area (Å²) in [7, 11) is 0. The molecule has 6 heteroatoms. The van der Waals surface area contributed by atoms with Crippen molar-refractivity contribution in [2.24, 2.45) is 0 Å². The first-order valence-corrected chi connectivity index (χ1v) is 25.0. The van der Waals surface area contributed by atoms with E-state index in [0.717, 1.165) is 70.6 Å². The Kier molecular flexibility index (Phi) is 44.7. The summed E-state index contributed by atoms with van der Waals surface area (Å²) in [4.78, 5) is 26.0. The summed E-state index contributed by atoms with van der Waals surface area (Å²) in [5.74, 6) is -0.569. The van der Waals surface area contributed by atoms with Crippen LogP contribution in [-0.4, -0.2) is 46.9 Å². The minimum absolute atomic E-state index is 0.0489. The van der Waals surface area contributed by atoms with Crippen molar-refractivity contribution in [2.75, 3.05) is 6.61 Å². The van der Waals surface area contributed by atoms with Crippen LogP contribution in [0, 0.1) is 0 Å². The predicted octanol–water partition coefficient (Wildman–Crippen LogP) is 14.8. The SMILES string of the molecule is CC/C=C/C/C=C/C/C=C/C/C=C/C/C=C/CCC(=O)OC(CCCCCCCCCCCCCCCCC)CC(=O)NC(CO)C(O)CCCCCCCCCCC. The maximum atomic E-state index is 13.2. The largest absolute Gasteiger partial charge is 0.462 e. The van der Waals surface area contributed by atoms with Gasteiger partial charge in [0, 0.05) is 6.42 Å². The topological polar surface area (TPSA) is 95.9 Å². The highest BCUT2D eigenvalue weighted by Crippen LogP contribution is 2.18. The standard InChI is InChI=1S/C53H95NO5/c1-4-7-10-13-16-19-21-23-25-27-29-31-34-37-40-43-46-53(58)59-49(44-41-38-35-33-30-28-26-24-22-20-17-14-11-8-5-2)47-52(57)54-50(48-55)51(56)45-42-39-36-32-18-15-12-9-6-3/h7,10,16,19,23,25,29,31,37,40,49-51,55-56H,4-6,8-9,11-15,17-18,20-22,24,26-28,30,32-36,38-39,41-48H2,1-3H3,(H,54,57)/b10-7+,19-16+,25-23+,31-29+,40-37+. The normalized spacial score (nSPS) is 13.8. The average Bonchev–Trinajstić information content (AvgIpc) is 3.23. The van der Waals surface area contributed by atoms with E-state index in [-0.39, 0.29) is 31.3 Å². The molecule has 0 heterocycles. The molecule has 0 rings (SSSR count). The molecule has 1 amide bonds. The van der Waals surface area contributed by atoms with Gasteiger partial charge < -0.3 is 20.3 Å². The molecule has 0 aromatic heterocycles. The summed E-state index contributed by atoms with van der Waals surface area (Å²) in [6.07, 6.45) is 57.2. The molecule has 0 aliphatic rings. The first-order chi connectivity index (χ1) is 29.0. The monoisotopic (exact) mass is 826 g/mol. The van der Waals surface area contributed by atoms with E-state index in [4.69, 9.17) is 4.74 Å². The van der Waals surface area contributed by atoms with Gasteiger partial charge in [-0.3, -0.25) is 9.59 Å². The molecule has 0 aromatic carbocycles. The van der Waals surface area contributed by atoms with Crippen molar-refractivity contribution in [1.82, 2.24) is 5.32 Å². The fraction of sp³-hybridized carbons (Fsp3) is 0.774. The molecule has 0 spiro atoms. The quantitative estimate of drug-likeness (QED) is 0.0323. The molecule has 0 saturated carbocycles. The van der Waals surface area contributed by atoms with Crippen LogP contribution in [0.15, 0.2) is 60.8 Å². The summed E-state index contributed by atoms with van der Waals surface area (Å²) in [6, 6.07) is -0.714. The Morgan fingerprint density at radius 3 is 1.29 bits per heavy atom. The molecule has 59 heavy (non-hydrogen) atoms. The van der Waals surface area contributed by atoms with Gasteiger partial charge in [-0.25, -0.2) is 0 Å². The number of allylic oxidation sites excluding steroid dienone is 10. The molecule has 0 aliphatic heterocycles. The van der Waals surface area contributed by atoms with Crippen molar-refractivity contribution in [3.63, 3.8) is 0 Å². The Morgan fingerprint density at radius 1 is 0.508 bits per heavy atom. The second kappa shape index (κ2) is 46.6. The van der Waals surface area contributed by atoms with Gasteiger partial charge >= 0.3 is 5.97 Å². The van der Waals surface area contributed by atoms with Gasteiger partial charge in [-0.15, -0.1) is 0 Å². The number of aliphatic hydroxyl groups excluding tert-OH is 2. The molecule has 3 unspecified atom stereocenters. The zero-order valence-electron chi connectivity index (χ0n) is 38.9. The van der Waals surface area contributed by atoms with Crippen LogP contribution in [0.2, 0.25) is 0 Å². The molecule has 0 bridgehead atoms. The Hall–Kier alpha value is -2.44. The average molecular weight is 826 g/mol. The van der Waals surface area contributed by atoms with E-state index in [1.54, 1.807) is 0 Å². The smallest absolute Gasteiger partial charge is 0.306 e. The molecule has 342 valence electrons. The molecular formula is C53H95NO5. The van der Waals surface area contributed by atoms with Crippen molar-refractivity contribution in [2.45, 2.75) is 257 Å². The molecule has 0 aromatic rings. The lowest BCUT2D eigenvalue weighted by atomic mass is 10.0. The third-order valence-electron chi connectivity index (χ3n) is 11.1. The predicted molar refractivity (Wildman–Crippen MR) is 255 cm³/mol. The summed E-state index contributed by atoms with van der Waals surface area (Å²) in [6.45, 7) is 6.34. The van der Waals surface area contributed by atoms with Gasteiger partial charge in [0.15, 0.2) is 0 Å². The summed E-state index contributed by atoms with van der Waals surface area (Å²) >= 11 is 0. The van der Waals surface area contributed by atoms with Crippen LogP contribution in [0.25, 0.3) is 0 Å². The van der Waals surface area contributed by atoms with Crippen LogP contribution < -0.4 is 5.32 Å². The van der Waals surface area contributed by atoms with Crippen LogP contribution in [0.5, 0.6) is 0 Å². The minimum Gasteiger partial charge on any atom is -0.462 e. The van der Waals surface area contributed by atoms with Crippen molar-refractivity contribution < 1.29 is 24.5 Å². The highest BCUT2D eigenvalue weighted by Gasteiger charge is 2.24. The fourth-order valence-corrected chi connectivity index (χ4v) is 7.36. The minimum atomic E-state index is -0.798. The summed E-state index contributed by atoms with van der Waals surface area (Å²) in [5.41, 5.74) is 0. The Morgan fingerprint density at radius 2 is 0.881 bits per heavy atom. The molecule has 6 nitrogen and oxygen atoms in total. The maximum Gasteiger partial charge on any atom is 0.306 e. The van der Waals surface area contributed by atoms with E-state index in [1.165, 1.54) is 116 Å².